The molecule has 0 aromatic carbocycles. The first-order valence-corrected chi connectivity index (χ1v) is 5.84. The molecule has 0 radical (unpaired) electrons. The van der Waals surface area contributed by atoms with Gasteiger partial charge in [-0.2, -0.15) is 0 Å². The number of likely N-dealkylation sites (tertiary alicyclic amines) is 1. The van der Waals surface area contributed by atoms with Crippen molar-refractivity contribution in [3.8, 4) is 0 Å². The van der Waals surface area contributed by atoms with Gasteiger partial charge in [-0.3, -0.25) is 10.1 Å². The molecule has 6 heteroatoms. The first-order chi connectivity index (χ1) is 8.32. The van der Waals surface area contributed by atoms with Crippen molar-refractivity contribution in [2.45, 2.75) is 27.2 Å². The van der Waals surface area contributed by atoms with Crippen LogP contribution in [0.5, 0.6) is 0 Å². The predicted molar refractivity (Wildman–Crippen MR) is 64.9 cm³/mol. The maximum Gasteiger partial charge on any atom is 0.331 e. The topological polar surface area (TPSA) is 86.7 Å². The van der Waals surface area contributed by atoms with Crippen LogP contribution in [0.1, 0.15) is 27.2 Å². The summed E-state index contributed by atoms with van der Waals surface area (Å²) in [5.74, 6) is -1.38. The molecule has 100 valence electrons. The summed E-state index contributed by atoms with van der Waals surface area (Å²) in [5, 5.41) is 11.0. The Kier molecular flexibility index (Phi) is 4.47. The van der Waals surface area contributed by atoms with Crippen LogP contribution in [0.2, 0.25) is 0 Å². The van der Waals surface area contributed by atoms with E-state index in [0.717, 1.165) is 6.42 Å². The van der Waals surface area contributed by atoms with Gasteiger partial charge in [0.1, 0.15) is 0 Å². The number of urea groups is 1. The van der Waals surface area contributed by atoms with Crippen molar-refractivity contribution in [2.24, 2.45) is 5.92 Å². The molecule has 0 spiro atoms. The number of rotatable bonds is 2. The molecule has 1 atom stereocenters. The van der Waals surface area contributed by atoms with Crippen molar-refractivity contribution in [1.82, 2.24) is 10.2 Å². The Balaban J connectivity index is 2.63. The maximum absolute atomic E-state index is 11.7. The highest BCUT2D eigenvalue weighted by Crippen LogP contribution is 2.14. The molecule has 0 saturated carbocycles. The van der Waals surface area contributed by atoms with Gasteiger partial charge < -0.3 is 10.0 Å². The summed E-state index contributed by atoms with van der Waals surface area (Å²) in [6.45, 7) is 6.01. The predicted octanol–water partition coefficient (Wildman–Crippen LogP) is 0.985. The second-order valence-corrected chi connectivity index (χ2v) is 4.65. The number of carboxylic acid groups (broad SMARTS) is 1. The van der Waals surface area contributed by atoms with E-state index in [1.54, 1.807) is 4.90 Å². The standard InChI is InChI=1S/C12H18N2O4/c1-7-4-5-14(6-7)12(18)13-10(15)8(2)9(3)11(16)17/h7H,4-6H2,1-3H3,(H,16,17)(H,13,15,18). The first-order valence-electron chi connectivity index (χ1n) is 5.84. The van der Waals surface area contributed by atoms with Gasteiger partial charge in [-0.1, -0.05) is 6.92 Å². The number of carboxylic acids is 1. The first kappa shape index (κ1) is 14.2. The van der Waals surface area contributed by atoms with Gasteiger partial charge in [0.05, 0.1) is 0 Å². The van der Waals surface area contributed by atoms with Crippen LogP contribution in [0.4, 0.5) is 4.79 Å². The summed E-state index contributed by atoms with van der Waals surface area (Å²) >= 11 is 0. The second kappa shape index (κ2) is 5.66. The van der Waals surface area contributed by atoms with Crippen LogP contribution in [0.15, 0.2) is 11.1 Å². The Morgan fingerprint density at radius 2 is 1.83 bits per heavy atom. The largest absolute Gasteiger partial charge is 0.478 e. The van der Waals surface area contributed by atoms with Gasteiger partial charge in [0.15, 0.2) is 0 Å². The Morgan fingerprint density at radius 3 is 2.28 bits per heavy atom. The molecule has 18 heavy (non-hydrogen) atoms. The third-order valence-electron chi connectivity index (χ3n) is 3.16. The molecule has 0 aliphatic carbocycles. The lowest BCUT2D eigenvalue weighted by Crippen LogP contribution is -2.42. The summed E-state index contributed by atoms with van der Waals surface area (Å²) < 4.78 is 0. The molecule has 2 N–H and O–H groups in total. The van der Waals surface area contributed by atoms with Gasteiger partial charge >= 0.3 is 12.0 Å². The smallest absolute Gasteiger partial charge is 0.331 e. The number of carbonyl (C=O) groups is 3. The molecule has 1 heterocycles. The molecular formula is C12H18N2O4. The van der Waals surface area contributed by atoms with Crippen LogP contribution < -0.4 is 5.32 Å². The van der Waals surface area contributed by atoms with E-state index < -0.39 is 17.9 Å². The number of aliphatic carboxylic acids is 1. The number of amides is 3. The summed E-state index contributed by atoms with van der Waals surface area (Å²) in [6, 6.07) is -0.457. The zero-order valence-electron chi connectivity index (χ0n) is 10.8. The highest BCUT2D eigenvalue weighted by atomic mass is 16.4. The number of nitrogens with one attached hydrogen (secondary N) is 1. The average molecular weight is 254 g/mol. The van der Waals surface area contributed by atoms with E-state index >= 15 is 0 Å². The van der Waals surface area contributed by atoms with Crippen molar-refractivity contribution in [2.75, 3.05) is 13.1 Å². The molecule has 1 fully saturated rings. The number of nitrogens with zero attached hydrogens (tertiary/aromatic N) is 1. The van der Waals surface area contributed by atoms with Crippen molar-refractivity contribution < 1.29 is 19.5 Å². The van der Waals surface area contributed by atoms with E-state index in [1.165, 1.54) is 13.8 Å². The van der Waals surface area contributed by atoms with Crippen LogP contribution >= 0.6 is 0 Å². The molecule has 1 rings (SSSR count). The SMILES string of the molecule is CC(C(=O)O)=C(C)C(=O)NC(=O)N1CCC(C)C1. The minimum absolute atomic E-state index is 0.0445. The Bertz CT molecular complexity index is 414. The second-order valence-electron chi connectivity index (χ2n) is 4.65. The van der Waals surface area contributed by atoms with Gasteiger partial charge in [-0.25, -0.2) is 9.59 Å². The van der Waals surface area contributed by atoms with Crippen molar-refractivity contribution in [3.63, 3.8) is 0 Å². The number of imide groups is 1. The van der Waals surface area contributed by atoms with Gasteiger partial charge in [0.2, 0.25) is 0 Å². The lowest BCUT2D eigenvalue weighted by molar-refractivity contribution is -0.133. The van der Waals surface area contributed by atoms with E-state index in [0.29, 0.717) is 19.0 Å². The quantitative estimate of drug-likeness (QED) is 0.719. The van der Waals surface area contributed by atoms with Crippen LogP contribution in [-0.4, -0.2) is 41.0 Å². The lowest BCUT2D eigenvalue weighted by atomic mass is 10.1. The minimum atomic E-state index is -1.16. The normalized spacial score (nSPS) is 20.4. The monoisotopic (exact) mass is 254 g/mol. The third kappa shape index (κ3) is 3.32. The molecule has 1 saturated heterocycles. The Hall–Kier alpha value is -1.85. The van der Waals surface area contributed by atoms with E-state index in [-0.39, 0.29) is 11.1 Å². The highest BCUT2D eigenvalue weighted by molar-refractivity contribution is 6.07. The van der Waals surface area contributed by atoms with Gasteiger partial charge in [0, 0.05) is 24.2 Å². The van der Waals surface area contributed by atoms with E-state index in [1.807, 2.05) is 6.92 Å². The maximum atomic E-state index is 11.7. The number of carbonyl (C=O) groups excluding carboxylic acids is 2. The van der Waals surface area contributed by atoms with Crippen molar-refractivity contribution >= 4 is 17.9 Å². The molecule has 1 unspecified atom stereocenters. The molecule has 3 amide bonds. The fourth-order valence-corrected chi connectivity index (χ4v) is 1.72. The van der Waals surface area contributed by atoms with Crippen LogP contribution in [0, 0.1) is 5.92 Å². The van der Waals surface area contributed by atoms with Crippen LogP contribution in [0.25, 0.3) is 0 Å². The number of hydrogen-bond donors (Lipinski definition) is 2. The fourth-order valence-electron chi connectivity index (χ4n) is 1.72. The van der Waals surface area contributed by atoms with Crippen LogP contribution in [0.3, 0.4) is 0 Å². The lowest BCUT2D eigenvalue weighted by Gasteiger charge is -2.16. The summed E-state index contributed by atoms with van der Waals surface area (Å²) in [4.78, 5) is 35.6. The Labute approximate surface area is 106 Å². The molecule has 1 aliphatic heterocycles. The highest BCUT2D eigenvalue weighted by Gasteiger charge is 2.25. The fraction of sp³-hybridized carbons (Fsp3) is 0.583. The van der Waals surface area contributed by atoms with Gasteiger partial charge in [-0.15, -0.1) is 0 Å². The summed E-state index contributed by atoms with van der Waals surface area (Å²) in [7, 11) is 0. The van der Waals surface area contributed by atoms with Crippen molar-refractivity contribution in [1.29, 1.82) is 0 Å². The molecular weight excluding hydrogens is 236 g/mol. The van der Waals surface area contributed by atoms with E-state index in [2.05, 4.69) is 5.32 Å². The number of hydrogen-bond acceptors (Lipinski definition) is 3. The average Bonchev–Trinajstić information content (AvgIpc) is 2.73. The van der Waals surface area contributed by atoms with Crippen LogP contribution in [-0.2, 0) is 9.59 Å². The molecule has 1 aliphatic rings. The van der Waals surface area contributed by atoms with Gasteiger partial charge in [0.25, 0.3) is 5.91 Å². The molecule has 6 nitrogen and oxygen atoms in total. The van der Waals surface area contributed by atoms with Crippen molar-refractivity contribution in [3.05, 3.63) is 11.1 Å². The molecule has 0 bridgehead atoms. The summed E-state index contributed by atoms with van der Waals surface area (Å²) in [6.07, 6.45) is 0.921. The molecule has 0 aromatic heterocycles. The zero-order chi connectivity index (χ0) is 13.9. The zero-order valence-corrected chi connectivity index (χ0v) is 10.8. The Morgan fingerprint density at radius 1 is 1.22 bits per heavy atom. The van der Waals surface area contributed by atoms with E-state index in [4.69, 9.17) is 5.11 Å². The van der Waals surface area contributed by atoms with Gasteiger partial charge in [-0.05, 0) is 26.2 Å². The third-order valence-corrected chi connectivity index (χ3v) is 3.16. The summed E-state index contributed by atoms with van der Waals surface area (Å²) in [5.41, 5.74) is -0.0156. The van der Waals surface area contributed by atoms with E-state index in [9.17, 15) is 14.4 Å². The molecule has 0 aromatic rings. The minimum Gasteiger partial charge on any atom is -0.478 e.